The van der Waals surface area contributed by atoms with Gasteiger partial charge in [0.25, 0.3) is 0 Å². The van der Waals surface area contributed by atoms with Gasteiger partial charge in [-0.3, -0.25) is 0 Å². The average molecular weight is 132 g/mol. The van der Waals surface area contributed by atoms with Crippen molar-refractivity contribution >= 4 is 0 Å². The van der Waals surface area contributed by atoms with Gasteiger partial charge in [0.1, 0.15) is 0 Å². The van der Waals surface area contributed by atoms with E-state index < -0.39 is 0 Å². The van der Waals surface area contributed by atoms with Crippen LogP contribution in [0.1, 0.15) is 13.8 Å². The summed E-state index contributed by atoms with van der Waals surface area (Å²) in [6.07, 6.45) is 0. The van der Waals surface area contributed by atoms with E-state index in [1.807, 2.05) is 12.1 Å². The summed E-state index contributed by atoms with van der Waals surface area (Å²) in [5.41, 5.74) is 2.78. The summed E-state index contributed by atoms with van der Waals surface area (Å²) in [4.78, 5) is 0. The second-order valence-corrected chi connectivity index (χ2v) is 2.24. The molecule has 56 valence electrons. The Bertz CT molecular complexity index is 73.4. The molecule has 0 bridgehead atoms. The molecule has 0 saturated heterocycles. The Morgan fingerprint density at radius 2 is 1.89 bits per heavy atom. The summed E-state index contributed by atoms with van der Waals surface area (Å²) in [6.45, 7) is 4.13. The van der Waals surface area contributed by atoms with Crippen molar-refractivity contribution in [1.82, 2.24) is 15.7 Å². The van der Waals surface area contributed by atoms with Gasteiger partial charge in [0.2, 0.25) is 0 Å². The number of nitrogens with two attached hydrogens (primary N) is 1. The molecule has 0 aromatic rings. The Morgan fingerprint density at radius 1 is 1.44 bits per heavy atom. The van der Waals surface area contributed by atoms with Crippen LogP contribution < -0.4 is 11.3 Å². The van der Waals surface area contributed by atoms with E-state index in [-0.39, 0.29) is 0 Å². The molecule has 0 aliphatic carbocycles. The molecule has 0 spiro atoms. The molecule has 0 aromatic heterocycles. The van der Waals surface area contributed by atoms with Crippen LogP contribution in [-0.2, 0) is 0 Å². The zero-order valence-electron chi connectivity index (χ0n) is 6.55. The van der Waals surface area contributed by atoms with E-state index in [0.717, 1.165) is 0 Å². The molecule has 0 radical (unpaired) electrons. The number of nitrogens with zero attached hydrogens (tertiary/aromatic N) is 2. The topological polar surface area (TPSA) is 44.5 Å². The third kappa shape index (κ3) is 2.76. The normalized spacial score (nSPS) is 12.0. The second-order valence-electron chi connectivity index (χ2n) is 2.24. The van der Waals surface area contributed by atoms with Crippen molar-refractivity contribution in [1.29, 1.82) is 0 Å². The lowest BCUT2D eigenvalue weighted by Gasteiger charge is -2.29. The largest absolute Gasteiger partial charge is 0.240 e. The van der Waals surface area contributed by atoms with Crippen LogP contribution in [0.5, 0.6) is 0 Å². The number of hydrogen-bond acceptors (Lipinski definition) is 4. The third-order valence-corrected chi connectivity index (χ3v) is 1.32. The van der Waals surface area contributed by atoms with Crippen molar-refractivity contribution in [2.45, 2.75) is 19.9 Å². The first kappa shape index (κ1) is 8.84. The van der Waals surface area contributed by atoms with E-state index in [4.69, 9.17) is 5.84 Å². The smallest absolute Gasteiger partial charge is 0.0213 e. The average Bonchev–Trinajstić information content (AvgIpc) is 1.84. The van der Waals surface area contributed by atoms with E-state index in [0.29, 0.717) is 6.04 Å². The molecule has 0 fully saturated rings. The van der Waals surface area contributed by atoms with Crippen molar-refractivity contribution in [2.24, 2.45) is 5.84 Å². The van der Waals surface area contributed by atoms with E-state index >= 15 is 0 Å². The maximum Gasteiger partial charge on any atom is 0.0213 e. The van der Waals surface area contributed by atoms with Crippen LogP contribution in [0.3, 0.4) is 0 Å². The lowest BCUT2D eigenvalue weighted by atomic mass is 10.4. The summed E-state index contributed by atoms with van der Waals surface area (Å²) in [6, 6.07) is 0.419. The predicted molar refractivity (Wildman–Crippen MR) is 38.0 cm³/mol. The number of hydrazine groups is 3. The van der Waals surface area contributed by atoms with Gasteiger partial charge >= 0.3 is 0 Å². The molecule has 0 aromatic carbocycles. The maximum absolute atomic E-state index is 5.47. The molecule has 4 heteroatoms. The van der Waals surface area contributed by atoms with Crippen LogP contribution in [0.25, 0.3) is 0 Å². The van der Waals surface area contributed by atoms with Crippen LogP contribution >= 0.6 is 0 Å². The fourth-order valence-electron chi connectivity index (χ4n) is 0.407. The molecular weight excluding hydrogens is 116 g/mol. The van der Waals surface area contributed by atoms with Gasteiger partial charge in [0.05, 0.1) is 0 Å². The molecular formula is C5H16N4. The van der Waals surface area contributed by atoms with E-state index in [1.54, 1.807) is 7.05 Å². The minimum absolute atomic E-state index is 0.419. The van der Waals surface area contributed by atoms with E-state index in [9.17, 15) is 0 Å². The van der Waals surface area contributed by atoms with Gasteiger partial charge in [0, 0.05) is 20.1 Å². The number of rotatable bonds is 3. The number of hydrogen-bond donors (Lipinski definition) is 2. The Kier molecular flexibility index (Phi) is 3.72. The van der Waals surface area contributed by atoms with Crippen molar-refractivity contribution in [3.63, 3.8) is 0 Å². The molecule has 0 saturated carbocycles. The van der Waals surface area contributed by atoms with Crippen molar-refractivity contribution in [2.75, 3.05) is 14.1 Å². The number of nitrogens with one attached hydrogen (secondary N) is 1. The Balaban J connectivity index is 3.58. The van der Waals surface area contributed by atoms with Gasteiger partial charge in [0.15, 0.2) is 0 Å². The van der Waals surface area contributed by atoms with Gasteiger partial charge in [-0.2, -0.15) is 0 Å². The fourth-order valence-corrected chi connectivity index (χ4v) is 0.407. The van der Waals surface area contributed by atoms with Crippen LogP contribution in [0, 0.1) is 0 Å². The molecule has 0 amide bonds. The van der Waals surface area contributed by atoms with E-state index in [2.05, 4.69) is 19.3 Å². The highest BCUT2D eigenvalue weighted by Crippen LogP contribution is 1.90. The molecule has 0 rings (SSSR count). The quantitative estimate of drug-likeness (QED) is 0.403. The van der Waals surface area contributed by atoms with Crippen molar-refractivity contribution in [3.05, 3.63) is 0 Å². The zero-order valence-corrected chi connectivity index (χ0v) is 6.55. The molecule has 0 unspecified atom stereocenters. The van der Waals surface area contributed by atoms with Crippen LogP contribution in [0.15, 0.2) is 0 Å². The summed E-state index contributed by atoms with van der Waals surface area (Å²) in [5.74, 6) is 5.47. The highest BCUT2D eigenvalue weighted by molar-refractivity contribution is 4.47. The monoisotopic (exact) mass is 132 g/mol. The van der Waals surface area contributed by atoms with Crippen LogP contribution in [0.4, 0.5) is 0 Å². The van der Waals surface area contributed by atoms with E-state index in [1.165, 1.54) is 5.23 Å². The van der Waals surface area contributed by atoms with Gasteiger partial charge in [-0.05, 0) is 13.8 Å². The third-order valence-electron chi connectivity index (χ3n) is 1.32. The van der Waals surface area contributed by atoms with Gasteiger partial charge in [-0.25, -0.2) is 16.3 Å². The Morgan fingerprint density at radius 3 is 2.00 bits per heavy atom. The van der Waals surface area contributed by atoms with Crippen LogP contribution in [0.2, 0.25) is 0 Å². The standard InChI is InChI=1S/C5H16N4/c1-5(2)8(4)9(6)7-3/h5,7H,6H2,1-4H3. The first-order valence-corrected chi connectivity index (χ1v) is 3.04. The van der Waals surface area contributed by atoms with Gasteiger partial charge < -0.3 is 0 Å². The van der Waals surface area contributed by atoms with Crippen molar-refractivity contribution < 1.29 is 0 Å². The lowest BCUT2D eigenvalue weighted by molar-refractivity contribution is -0.0660. The van der Waals surface area contributed by atoms with Gasteiger partial charge in [-0.15, -0.1) is 5.23 Å². The summed E-state index contributed by atoms with van der Waals surface area (Å²) in [5, 5.41) is 3.34. The SMILES string of the molecule is CNN(N)N(C)C(C)C. The molecule has 4 nitrogen and oxygen atoms in total. The summed E-state index contributed by atoms with van der Waals surface area (Å²) < 4.78 is 0. The molecule has 0 atom stereocenters. The second kappa shape index (κ2) is 3.79. The molecule has 0 aliphatic rings. The highest BCUT2D eigenvalue weighted by Gasteiger charge is 2.06. The predicted octanol–water partition coefficient (Wildman–Crippen LogP) is -0.448. The Hall–Kier alpha value is -0.160. The molecule has 0 aliphatic heterocycles. The molecule has 9 heavy (non-hydrogen) atoms. The fraction of sp³-hybridized carbons (Fsp3) is 1.00. The zero-order chi connectivity index (χ0) is 7.44. The molecule has 3 N–H and O–H groups in total. The van der Waals surface area contributed by atoms with Crippen molar-refractivity contribution in [3.8, 4) is 0 Å². The summed E-state index contributed by atoms with van der Waals surface area (Å²) >= 11 is 0. The highest BCUT2D eigenvalue weighted by atomic mass is 15.9. The maximum atomic E-state index is 5.47. The minimum Gasteiger partial charge on any atom is -0.240 e. The Labute approximate surface area is 56.5 Å². The first-order valence-electron chi connectivity index (χ1n) is 3.04. The first-order chi connectivity index (χ1) is 4.09. The molecule has 0 heterocycles. The van der Waals surface area contributed by atoms with Crippen LogP contribution in [-0.4, -0.2) is 30.4 Å². The minimum atomic E-state index is 0.419. The lowest BCUT2D eigenvalue weighted by Crippen LogP contribution is -2.54. The summed E-state index contributed by atoms with van der Waals surface area (Å²) in [7, 11) is 3.69. The van der Waals surface area contributed by atoms with Gasteiger partial charge in [-0.1, -0.05) is 0 Å².